The van der Waals surface area contributed by atoms with Crippen LogP contribution in [0.5, 0.6) is 0 Å². The number of nitrogens with zero attached hydrogens (tertiary/aromatic N) is 2. The van der Waals surface area contributed by atoms with Gasteiger partial charge in [-0.25, -0.2) is 8.42 Å². The van der Waals surface area contributed by atoms with Crippen molar-refractivity contribution in [3.8, 4) is 0 Å². The molecule has 0 aromatic heterocycles. The Morgan fingerprint density at radius 2 is 1.60 bits per heavy atom. The summed E-state index contributed by atoms with van der Waals surface area (Å²) in [7, 11) is -2.09. The van der Waals surface area contributed by atoms with E-state index in [1.807, 2.05) is 35.2 Å². The molecule has 0 radical (unpaired) electrons. The number of rotatable bonds is 5. The fourth-order valence-corrected chi connectivity index (χ4v) is 5.14. The molecule has 0 fully saturated rings. The molecule has 30 heavy (non-hydrogen) atoms. The lowest BCUT2D eigenvalue weighted by atomic mass is 10.1. The molecular weight excluding hydrogens is 396 g/mol. The second-order valence-corrected chi connectivity index (χ2v) is 9.54. The molecule has 0 saturated carbocycles. The number of para-hydroxylation sites is 1. The van der Waals surface area contributed by atoms with Crippen molar-refractivity contribution in [3.63, 3.8) is 0 Å². The first-order valence-electron chi connectivity index (χ1n) is 9.91. The average Bonchev–Trinajstić information content (AvgIpc) is 3.10. The monoisotopic (exact) mass is 420 g/mol. The first-order chi connectivity index (χ1) is 14.4. The predicted octanol–water partition coefficient (Wildman–Crippen LogP) is 4.03. The van der Waals surface area contributed by atoms with Gasteiger partial charge in [-0.3, -0.25) is 9.10 Å². The van der Waals surface area contributed by atoms with E-state index in [4.69, 9.17) is 0 Å². The number of anilines is 2. The van der Waals surface area contributed by atoms with Crippen molar-refractivity contribution >= 4 is 27.3 Å². The van der Waals surface area contributed by atoms with Crippen molar-refractivity contribution in [3.05, 3.63) is 90.0 Å². The molecule has 6 heteroatoms. The highest BCUT2D eigenvalue weighted by Crippen LogP contribution is 2.32. The van der Waals surface area contributed by atoms with E-state index in [9.17, 15) is 13.2 Å². The Morgan fingerprint density at radius 3 is 2.30 bits per heavy atom. The second-order valence-electron chi connectivity index (χ2n) is 7.57. The van der Waals surface area contributed by atoms with Gasteiger partial charge in [-0.15, -0.1) is 0 Å². The number of benzene rings is 3. The van der Waals surface area contributed by atoms with Crippen molar-refractivity contribution in [2.75, 3.05) is 16.3 Å². The van der Waals surface area contributed by atoms with Crippen LogP contribution >= 0.6 is 0 Å². The van der Waals surface area contributed by atoms with Crippen LogP contribution in [0.4, 0.5) is 11.4 Å². The van der Waals surface area contributed by atoms with Gasteiger partial charge in [0.05, 0.1) is 17.0 Å². The number of amides is 1. The van der Waals surface area contributed by atoms with E-state index in [0.717, 1.165) is 17.7 Å². The van der Waals surface area contributed by atoms with Crippen LogP contribution in [0.1, 0.15) is 18.1 Å². The van der Waals surface area contributed by atoms with E-state index >= 15 is 0 Å². The van der Waals surface area contributed by atoms with Crippen LogP contribution in [0, 0.1) is 0 Å². The molecule has 154 valence electrons. The number of hydrogen-bond acceptors (Lipinski definition) is 3. The van der Waals surface area contributed by atoms with E-state index in [1.165, 1.54) is 16.9 Å². The molecule has 1 heterocycles. The minimum Gasteiger partial charge on any atom is -0.309 e. The molecule has 0 aliphatic carbocycles. The highest BCUT2D eigenvalue weighted by Gasteiger charge is 2.30. The summed E-state index contributed by atoms with van der Waals surface area (Å²) < 4.78 is 26.8. The summed E-state index contributed by atoms with van der Waals surface area (Å²) in [6, 6.07) is 23.6. The van der Waals surface area contributed by atoms with E-state index in [0.29, 0.717) is 5.69 Å². The number of sulfonamides is 1. The van der Waals surface area contributed by atoms with Crippen molar-refractivity contribution < 1.29 is 13.2 Å². The quantitative estimate of drug-likeness (QED) is 0.626. The second kappa shape index (κ2) is 7.95. The molecule has 1 atom stereocenters. The van der Waals surface area contributed by atoms with Crippen LogP contribution in [0.3, 0.4) is 0 Å². The number of hydrogen-bond donors (Lipinski definition) is 0. The molecule has 1 amide bonds. The lowest BCUT2D eigenvalue weighted by molar-refractivity contribution is -0.118. The Bertz CT molecular complexity index is 1160. The summed E-state index contributed by atoms with van der Waals surface area (Å²) in [6.45, 7) is 2.06. The summed E-state index contributed by atoms with van der Waals surface area (Å²) in [4.78, 5) is 15.1. The van der Waals surface area contributed by atoms with Crippen LogP contribution < -0.4 is 9.21 Å². The van der Waals surface area contributed by atoms with Gasteiger partial charge in [0.15, 0.2) is 0 Å². The predicted molar refractivity (Wildman–Crippen MR) is 119 cm³/mol. The maximum atomic E-state index is 13.0. The first kappa shape index (κ1) is 20.2. The normalized spacial score (nSPS) is 15.7. The van der Waals surface area contributed by atoms with Gasteiger partial charge >= 0.3 is 0 Å². The number of carbonyl (C=O) groups excluding carboxylic acids is 1. The summed E-state index contributed by atoms with van der Waals surface area (Å²) >= 11 is 0. The van der Waals surface area contributed by atoms with Gasteiger partial charge in [0.1, 0.15) is 0 Å². The Balaban J connectivity index is 1.50. The molecule has 5 nitrogen and oxygen atoms in total. The van der Waals surface area contributed by atoms with E-state index in [-0.39, 0.29) is 23.3 Å². The van der Waals surface area contributed by atoms with Crippen LogP contribution in [-0.2, 0) is 27.7 Å². The molecular formula is C24H24N2O3S. The maximum Gasteiger partial charge on any atom is 0.264 e. The van der Waals surface area contributed by atoms with E-state index in [1.54, 1.807) is 42.5 Å². The van der Waals surface area contributed by atoms with E-state index < -0.39 is 10.0 Å². The molecule has 1 aliphatic heterocycles. The highest BCUT2D eigenvalue weighted by molar-refractivity contribution is 7.92. The molecule has 3 aromatic carbocycles. The lowest BCUT2D eigenvalue weighted by Crippen LogP contribution is -2.36. The third-order valence-electron chi connectivity index (χ3n) is 5.53. The van der Waals surface area contributed by atoms with Crippen LogP contribution in [0.2, 0.25) is 0 Å². The summed E-state index contributed by atoms with van der Waals surface area (Å²) in [5.74, 6) is 0.0467. The highest BCUT2D eigenvalue weighted by atomic mass is 32.2. The molecule has 4 rings (SSSR count). The van der Waals surface area contributed by atoms with E-state index in [2.05, 4.69) is 13.0 Å². The molecule has 0 spiro atoms. The Morgan fingerprint density at radius 1 is 0.967 bits per heavy atom. The Hall–Kier alpha value is -3.12. The van der Waals surface area contributed by atoms with Gasteiger partial charge in [-0.05, 0) is 54.8 Å². The van der Waals surface area contributed by atoms with Crippen LogP contribution in [0.25, 0.3) is 0 Å². The average molecular weight is 421 g/mol. The standard InChI is InChI=1S/C24H24N2O3S/c1-18-16-20-8-6-7-11-23(20)26(18)24(27)17-19-12-14-21(15-13-19)25(2)30(28,29)22-9-4-3-5-10-22/h3-15,18H,16-17H2,1-2H3. The van der Waals surface area contributed by atoms with Gasteiger partial charge in [0, 0.05) is 18.8 Å². The topological polar surface area (TPSA) is 57.7 Å². The minimum absolute atomic E-state index is 0.0467. The van der Waals surface area contributed by atoms with Crippen molar-refractivity contribution in [2.24, 2.45) is 0 Å². The molecule has 0 N–H and O–H groups in total. The largest absolute Gasteiger partial charge is 0.309 e. The van der Waals surface area contributed by atoms with Gasteiger partial charge in [0.25, 0.3) is 10.0 Å². The zero-order valence-electron chi connectivity index (χ0n) is 17.0. The van der Waals surface area contributed by atoms with Crippen molar-refractivity contribution in [2.45, 2.75) is 30.7 Å². The van der Waals surface area contributed by atoms with Crippen molar-refractivity contribution in [1.82, 2.24) is 0 Å². The SMILES string of the molecule is CC1Cc2ccccc2N1C(=O)Cc1ccc(N(C)S(=O)(=O)c2ccccc2)cc1. The summed E-state index contributed by atoms with van der Waals surface area (Å²) in [5.41, 5.74) is 3.59. The van der Waals surface area contributed by atoms with Gasteiger partial charge in [-0.1, -0.05) is 48.5 Å². The smallest absolute Gasteiger partial charge is 0.264 e. The Kier molecular flexibility index (Phi) is 5.35. The summed E-state index contributed by atoms with van der Waals surface area (Å²) in [5, 5.41) is 0. The molecule has 3 aromatic rings. The van der Waals surface area contributed by atoms with Crippen molar-refractivity contribution in [1.29, 1.82) is 0 Å². The molecule has 1 unspecified atom stereocenters. The molecule has 0 bridgehead atoms. The van der Waals surface area contributed by atoms with Gasteiger partial charge < -0.3 is 4.90 Å². The summed E-state index contributed by atoms with van der Waals surface area (Å²) in [6.07, 6.45) is 1.14. The molecule has 0 saturated heterocycles. The third kappa shape index (κ3) is 3.71. The van der Waals surface area contributed by atoms with Gasteiger partial charge in [-0.2, -0.15) is 0 Å². The third-order valence-corrected chi connectivity index (χ3v) is 7.33. The zero-order valence-corrected chi connectivity index (χ0v) is 17.8. The Labute approximate surface area is 177 Å². The number of fused-ring (bicyclic) bond motifs is 1. The lowest BCUT2D eigenvalue weighted by Gasteiger charge is -2.23. The number of carbonyl (C=O) groups is 1. The molecule has 1 aliphatic rings. The minimum atomic E-state index is -3.62. The first-order valence-corrected chi connectivity index (χ1v) is 11.3. The fourth-order valence-electron chi connectivity index (χ4n) is 3.92. The maximum absolute atomic E-state index is 13.0. The van der Waals surface area contributed by atoms with Gasteiger partial charge in [0.2, 0.25) is 5.91 Å². The van der Waals surface area contributed by atoms with Crippen LogP contribution in [-0.4, -0.2) is 27.4 Å². The zero-order chi connectivity index (χ0) is 21.3. The fraction of sp³-hybridized carbons (Fsp3) is 0.208. The van der Waals surface area contributed by atoms with Crippen LogP contribution in [0.15, 0.2) is 83.8 Å².